The summed E-state index contributed by atoms with van der Waals surface area (Å²) in [7, 11) is 1.64. The first kappa shape index (κ1) is 23.2. The lowest BCUT2D eigenvalue weighted by Crippen LogP contribution is -2.37. The molecule has 0 radical (unpaired) electrons. The van der Waals surface area contributed by atoms with Crippen LogP contribution in [0.25, 0.3) is 0 Å². The molecule has 35 heavy (non-hydrogen) atoms. The molecule has 5 rings (SSSR count). The summed E-state index contributed by atoms with van der Waals surface area (Å²) in [6.45, 7) is 2.35. The average molecular weight is 478 g/mol. The first-order chi connectivity index (χ1) is 17.2. The van der Waals surface area contributed by atoms with Crippen LogP contribution in [0.5, 0.6) is 5.75 Å². The van der Waals surface area contributed by atoms with Crippen LogP contribution >= 0.6 is 0 Å². The van der Waals surface area contributed by atoms with Gasteiger partial charge in [0, 0.05) is 13.2 Å². The van der Waals surface area contributed by atoms with E-state index in [1.807, 2.05) is 42.5 Å². The third kappa shape index (κ3) is 5.58. The summed E-state index contributed by atoms with van der Waals surface area (Å²) in [6.07, 6.45) is 3.73. The lowest BCUT2D eigenvalue weighted by molar-refractivity contribution is 0.0547. The highest BCUT2D eigenvalue weighted by atomic mass is 19.1. The number of aromatic nitrogens is 4. The molecule has 2 aromatic carbocycles. The van der Waals surface area contributed by atoms with Crippen LogP contribution in [0.4, 0.5) is 4.39 Å². The van der Waals surface area contributed by atoms with E-state index in [4.69, 9.17) is 13.9 Å². The van der Waals surface area contributed by atoms with E-state index >= 15 is 0 Å². The molecule has 0 bridgehead atoms. The maximum Gasteiger partial charge on any atom is 0.173 e. The molecule has 2 unspecified atom stereocenters. The molecule has 0 aliphatic carbocycles. The molecule has 1 aliphatic heterocycles. The van der Waals surface area contributed by atoms with E-state index in [2.05, 4.69) is 20.4 Å². The maximum absolute atomic E-state index is 14.4. The van der Waals surface area contributed by atoms with Crippen LogP contribution in [0.15, 0.2) is 71.3 Å². The lowest BCUT2D eigenvalue weighted by atomic mass is 10.0. The van der Waals surface area contributed by atoms with Crippen molar-refractivity contribution in [3.8, 4) is 5.75 Å². The molecule has 1 aliphatic rings. The topological polar surface area (TPSA) is 78.4 Å². The Labute approximate surface area is 203 Å². The van der Waals surface area contributed by atoms with Gasteiger partial charge in [-0.1, -0.05) is 24.3 Å². The zero-order chi connectivity index (χ0) is 24.0. The maximum atomic E-state index is 14.4. The summed E-state index contributed by atoms with van der Waals surface area (Å²) in [5.74, 6) is 1.90. The van der Waals surface area contributed by atoms with Gasteiger partial charge in [-0.25, -0.2) is 9.07 Å². The second-order valence-corrected chi connectivity index (χ2v) is 8.64. The minimum absolute atomic E-state index is 0.0759. The SMILES string of the molecule is COc1ccc(Cn2nnnc2C(c2cccc(F)c2)N(Cc2ccco2)CC2CCCO2)cc1. The molecule has 8 nitrogen and oxygen atoms in total. The van der Waals surface area contributed by atoms with Gasteiger partial charge in [-0.15, -0.1) is 5.10 Å². The lowest BCUT2D eigenvalue weighted by Gasteiger charge is -2.32. The summed E-state index contributed by atoms with van der Waals surface area (Å²) in [4.78, 5) is 2.21. The Bertz CT molecular complexity index is 1210. The Morgan fingerprint density at radius 3 is 2.77 bits per heavy atom. The Kier molecular flexibility index (Phi) is 7.15. The average Bonchev–Trinajstić information content (AvgIpc) is 3.65. The van der Waals surface area contributed by atoms with Gasteiger partial charge in [0.25, 0.3) is 0 Å². The van der Waals surface area contributed by atoms with Crippen molar-refractivity contribution in [1.29, 1.82) is 0 Å². The van der Waals surface area contributed by atoms with Crippen LogP contribution < -0.4 is 4.74 Å². The Balaban J connectivity index is 1.53. The van der Waals surface area contributed by atoms with Gasteiger partial charge in [0.05, 0.1) is 38.6 Å². The van der Waals surface area contributed by atoms with Gasteiger partial charge in [-0.3, -0.25) is 4.90 Å². The van der Waals surface area contributed by atoms with Crippen molar-refractivity contribution in [3.63, 3.8) is 0 Å². The minimum atomic E-state index is -0.409. The monoisotopic (exact) mass is 477 g/mol. The molecule has 1 fully saturated rings. The highest BCUT2D eigenvalue weighted by molar-refractivity contribution is 5.29. The molecule has 182 valence electrons. The Morgan fingerprint density at radius 2 is 2.06 bits per heavy atom. The predicted octanol–water partition coefficient (Wildman–Crippen LogP) is 4.23. The minimum Gasteiger partial charge on any atom is -0.497 e. The van der Waals surface area contributed by atoms with E-state index in [1.54, 1.807) is 30.2 Å². The van der Waals surface area contributed by atoms with Crippen LogP contribution in [-0.2, 0) is 17.8 Å². The zero-order valence-electron chi connectivity index (χ0n) is 19.6. The predicted molar refractivity (Wildman–Crippen MR) is 126 cm³/mol. The van der Waals surface area contributed by atoms with E-state index in [-0.39, 0.29) is 11.9 Å². The number of halogens is 1. The van der Waals surface area contributed by atoms with Crippen molar-refractivity contribution >= 4 is 0 Å². The fraction of sp³-hybridized carbons (Fsp3) is 0.346. The molecule has 1 saturated heterocycles. The first-order valence-corrected chi connectivity index (χ1v) is 11.7. The van der Waals surface area contributed by atoms with Crippen molar-refractivity contribution in [2.75, 3.05) is 20.3 Å². The zero-order valence-corrected chi connectivity index (χ0v) is 19.6. The van der Waals surface area contributed by atoms with E-state index < -0.39 is 6.04 Å². The van der Waals surface area contributed by atoms with Gasteiger partial charge in [-0.2, -0.15) is 0 Å². The van der Waals surface area contributed by atoms with E-state index in [0.717, 1.165) is 42.1 Å². The molecule has 2 aromatic heterocycles. The van der Waals surface area contributed by atoms with E-state index in [9.17, 15) is 4.39 Å². The summed E-state index contributed by atoms with van der Waals surface area (Å²) in [5.41, 5.74) is 1.79. The second-order valence-electron chi connectivity index (χ2n) is 8.64. The number of methoxy groups -OCH3 is 1. The van der Waals surface area contributed by atoms with E-state index in [1.165, 1.54) is 6.07 Å². The van der Waals surface area contributed by atoms with Crippen LogP contribution in [0, 0.1) is 5.82 Å². The van der Waals surface area contributed by atoms with Crippen LogP contribution in [0.3, 0.4) is 0 Å². The van der Waals surface area contributed by atoms with Crippen molar-refractivity contribution < 1.29 is 18.3 Å². The summed E-state index contributed by atoms with van der Waals surface area (Å²) >= 11 is 0. The quantitative estimate of drug-likeness (QED) is 0.338. The number of benzene rings is 2. The van der Waals surface area contributed by atoms with E-state index in [0.29, 0.717) is 25.5 Å². The van der Waals surface area contributed by atoms with Gasteiger partial charge < -0.3 is 13.9 Å². The van der Waals surface area contributed by atoms with Crippen molar-refractivity contribution in [2.24, 2.45) is 0 Å². The third-order valence-electron chi connectivity index (χ3n) is 6.23. The largest absolute Gasteiger partial charge is 0.497 e. The van der Waals surface area contributed by atoms with Gasteiger partial charge in [0.2, 0.25) is 0 Å². The highest BCUT2D eigenvalue weighted by Gasteiger charge is 2.32. The van der Waals surface area contributed by atoms with Crippen molar-refractivity contribution in [3.05, 3.63) is 95.5 Å². The van der Waals surface area contributed by atoms with Gasteiger partial charge in [0.1, 0.15) is 17.3 Å². The molecule has 0 spiro atoms. The number of rotatable bonds is 10. The number of nitrogens with zero attached hydrogens (tertiary/aromatic N) is 5. The fourth-order valence-electron chi connectivity index (χ4n) is 4.54. The molecule has 0 saturated carbocycles. The summed E-state index contributed by atoms with van der Waals surface area (Å²) in [6, 6.07) is 17.8. The number of furan rings is 1. The Hall–Kier alpha value is -3.56. The van der Waals surface area contributed by atoms with Crippen molar-refractivity contribution in [2.45, 2.75) is 38.1 Å². The molecular weight excluding hydrogens is 449 g/mol. The molecule has 9 heteroatoms. The number of hydrogen-bond acceptors (Lipinski definition) is 7. The Morgan fingerprint density at radius 1 is 1.17 bits per heavy atom. The molecule has 4 aromatic rings. The number of tetrazole rings is 1. The molecule has 0 N–H and O–H groups in total. The van der Waals surface area contributed by atoms with Crippen LogP contribution in [-0.4, -0.2) is 51.5 Å². The fourth-order valence-corrected chi connectivity index (χ4v) is 4.54. The highest BCUT2D eigenvalue weighted by Crippen LogP contribution is 2.31. The van der Waals surface area contributed by atoms with Gasteiger partial charge in [0.15, 0.2) is 5.82 Å². The van der Waals surface area contributed by atoms with Crippen molar-refractivity contribution in [1.82, 2.24) is 25.1 Å². The first-order valence-electron chi connectivity index (χ1n) is 11.7. The smallest absolute Gasteiger partial charge is 0.173 e. The molecular formula is C26H28FN5O3. The number of ether oxygens (including phenoxy) is 2. The standard InChI is InChI=1S/C26H28FN5O3/c1-33-22-11-9-19(10-12-22)16-32-26(28-29-30-32)25(20-5-2-6-21(27)15-20)31(17-23-7-3-13-34-23)18-24-8-4-14-35-24/h2-3,5-7,9-13,15,24-25H,4,8,14,16-18H2,1H3. The van der Waals surface area contributed by atoms with Crippen LogP contribution in [0.2, 0.25) is 0 Å². The molecule has 3 heterocycles. The van der Waals surface area contributed by atoms with Crippen LogP contribution in [0.1, 0.15) is 41.6 Å². The number of hydrogen-bond donors (Lipinski definition) is 0. The summed E-state index contributed by atoms with van der Waals surface area (Å²) in [5, 5.41) is 12.7. The van der Waals surface area contributed by atoms with Gasteiger partial charge >= 0.3 is 0 Å². The van der Waals surface area contributed by atoms with Gasteiger partial charge in [-0.05, 0) is 70.8 Å². The second kappa shape index (κ2) is 10.8. The normalized spacial score (nSPS) is 16.6. The molecule has 0 amide bonds. The summed E-state index contributed by atoms with van der Waals surface area (Å²) < 4.78 is 33.1. The molecule has 2 atom stereocenters. The third-order valence-corrected chi connectivity index (χ3v) is 6.23.